The van der Waals surface area contributed by atoms with Crippen molar-refractivity contribution in [1.82, 2.24) is 0 Å². The monoisotopic (exact) mass is 411 g/mol. The van der Waals surface area contributed by atoms with Gasteiger partial charge in [0.2, 0.25) is 5.78 Å². The molecule has 0 heterocycles. The molecule has 4 nitrogen and oxygen atoms in total. The third-order valence-electron chi connectivity index (χ3n) is 3.52. The molecule has 0 aromatic heterocycles. The summed E-state index contributed by atoms with van der Waals surface area (Å²) >= 11 is 2.84. The van der Waals surface area contributed by atoms with Gasteiger partial charge in [0, 0.05) is 18.2 Å². The second kappa shape index (κ2) is 8.71. The predicted molar refractivity (Wildman–Crippen MR) is 93.6 cm³/mol. The maximum Gasteiger partial charge on any atom is 0.291 e. The van der Waals surface area contributed by atoms with Crippen LogP contribution in [-0.4, -0.2) is 18.8 Å². The van der Waals surface area contributed by atoms with E-state index in [-0.39, 0.29) is 16.6 Å². The number of benzene rings is 2. The zero-order valence-corrected chi connectivity index (χ0v) is 15.0. The van der Waals surface area contributed by atoms with Crippen LogP contribution in [-0.2, 0) is 16.0 Å². The van der Waals surface area contributed by atoms with Crippen molar-refractivity contribution in [3.8, 4) is 5.75 Å². The van der Waals surface area contributed by atoms with Crippen molar-refractivity contribution < 1.29 is 23.1 Å². The Bertz CT molecular complexity index is 755. The number of amides is 1. The van der Waals surface area contributed by atoms with Crippen molar-refractivity contribution in [2.75, 3.05) is 12.4 Å². The van der Waals surface area contributed by atoms with E-state index in [1.807, 2.05) is 24.3 Å². The van der Waals surface area contributed by atoms with Gasteiger partial charge in [-0.15, -0.1) is 0 Å². The van der Waals surface area contributed by atoms with Crippen LogP contribution >= 0.6 is 15.9 Å². The summed E-state index contributed by atoms with van der Waals surface area (Å²) in [4.78, 5) is 23.7. The molecule has 0 bridgehead atoms. The molecule has 0 radical (unpaired) electrons. The van der Waals surface area contributed by atoms with Gasteiger partial charge in [-0.3, -0.25) is 9.59 Å². The fourth-order valence-corrected chi connectivity index (χ4v) is 2.62. The minimum absolute atomic E-state index is 0.0132. The summed E-state index contributed by atoms with van der Waals surface area (Å²) in [7, 11) is 1.58. The van der Waals surface area contributed by atoms with Gasteiger partial charge in [0.15, 0.2) is 11.6 Å². The fourth-order valence-electron chi connectivity index (χ4n) is 2.19. The van der Waals surface area contributed by atoms with Gasteiger partial charge < -0.3 is 10.1 Å². The van der Waals surface area contributed by atoms with Crippen LogP contribution in [0.5, 0.6) is 5.75 Å². The number of ether oxygens (including phenoxy) is 1. The third-order valence-corrected chi connectivity index (χ3v) is 4.10. The van der Waals surface area contributed by atoms with Crippen molar-refractivity contribution in [1.29, 1.82) is 0 Å². The lowest BCUT2D eigenvalue weighted by Gasteiger charge is -2.07. The molecule has 0 saturated carbocycles. The molecular weight excluding hydrogens is 396 g/mol. The first-order valence-electron chi connectivity index (χ1n) is 7.52. The average molecular weight is 412 g/mol. The number of carbonyl (C=O) groups is 2. The van der Waals surface area contributed by atoms with E-state index in [4.69, 9.17) is 4.74 Å². The number of hydrogen-bond donors (Lipinski definition) is 1. The van der Waals surface area contributed by atoms with Crippen LogP contribution in [0.1, 0.15) is 18.4 Å². The second-order valence-electron chi connectivity index (χ2n) is 5.33. The van der Waals surface area contributed by atoms with Crippen molar-refractivity contribution in [2.45, 2.75) is 19.3 Å². The highest BCUT2D eigenvalue weighted by molar-refractivity contribution is 9.10. The molecule has 0 aliphatic carbocycles. The molecule has 1 amide bonds. The minimum Gasteiger partial charge on any atom is -0.497 e. The van der Waals surface area contributed by atoms with E-state index in [1.54, 1.807) is 7.11 Å². The lowest BCUT2D eigenvalue weighted by atomic mass is 10.1. The molecule has 0 aliphatic rings. The number of Topliss-reactive ketones (excluding diaryl/α,β-unsaturated/α-hetero) is 1. The van der Waals surface area contributed by atoms with Gasteiger partial charge in [-0.25, -0.2) is 8.78 Å². The quantitative estimate of drug-likeness (QED) is 0.546. The SMILES string of the molecule is COc1ccc(CCCC(=O)C(=O)Nc2cc(F)c(F)c(Br)c2)cc1. The fraction of sp³-hybridized carbons (Fsp3) is 0.222. The van der Waals surface area contributed by atoms with Crippen LogP contribution in [0.3, 0.4) is 0 Å². The molecule has 7 heteroatoms. The molecule has 0 unspecified atom stereocenters. The molecular formula is C18H16BrF2NO3. The molecule has 132 valence electrons. The number of carbonyl (C=O) groups excluding carboxylic acids is 2. The van der Waals surface area contributed by atoms with Gasteiger partial charge in [0.05, 0.1) is 11.6 Å². The van der Waals surface area contributed by atoms with Crippen molar-refractivity contribution in [2.24, 2.45) is 0 Å². The first-order chi connectivity index (χ1) is 11.9. The third kappa shape index (κ3) is 5.35. The Labute approximate surface area is 152 Å². The van der Waals surface area contributed by atoms with Crippen LogP contribution in [0, 0.1) is 11.6 Å². The van der Waals surface area contributed by atoms with Crippen LogP contribution in [0.2, 0.25) is 0 Å². The smallest absolute Gasteiger partial charge is 0.291 e. The van der Waals surface area contributed by atoms with Gasteiger partial charge in [-0.2, -0.15) is 0 Å². The highest BCUT2D eigenvalue weighted by Crippen LogP contribution is 2.23. The number of ketones is 1. The molecule has 2 rings (SSSR count). The van der Waals surface area contributed by atoms with Gasteiger partial charge in [-0.05, 0) is 52.5 Å². The number of rotatable bonds is 7. The Morgan fingerprint density at radius 1 is 1.16 bits per heavy atom. The van der Waals surface area contributed by atoms with Crippen molar-refractivity contribution in [3.63, 3.8) is 0 Å². The Hall–Kier alpha value is -2.28. The first kappa shape index (κ1) is 19.1. The summed E-state index contributed by atoms with van der Waals surface area (Å²) in [6.07, 6.45) is 1.20. The number of nitrogens with one attached hydrogen (secondary N) is 1. The molecule has 1 N–H and O–H groups in total. The summed E-state index contributed by atoms with van der Waals surface area (Å²) in [5, 5.41) is 2.27. The molecule has 25 heavy (non-hydrogen) atoms. The lowest BCUT2D eigenvalue weighted by Crippen LogP contribution is -2.22. The van der Waals surface area contributed by atoms with Gasteiger partial charge >= 0.3 is 0 Å². The normalized spacial score (nSPS) is 10.4. The molecule has 2 aromatic carbocycles. The van der Waals surface area contributed by atoms with E-state index in [2.05, 4.69) is 21.2 Å². The summed E-state index contributed by atoms with van der Waals surface area (Å²) in [5.74, 6) is -2.89. The second-order valence-corrected chi connectivity index (χ2v) is 6.19. The number of anilines is 1. The summed E-state index contributed by atoms with van der Waals surface area (Å²) < 4.78 is 31.4. The molecule has 0 fully saturated rings. The minimum atomic E-state index is -1.11. The summed E-state index contributed by atoms with van der Waals surface area (Å²) in [5.41, 5.74) is 1.04. The standard InChI is InChI=1S/C18H16BrF2NO3/c1-25-13-7-5-11(6-8-13)3-2-4-16(23)18(24)22-12-9-14(19)17(21)15(20)10-12/h5-10H,2-4H2,1H3,(H,22,24). The maximum atomic E-state index is 13.3. The summed E-state index contributed by atoms with van der Waals surface area (Å²) in [6, 6.07) is 9.45. The number of hydrogen-bond acceptors (Lipinski definition) is 3. The van der Waals surface area contributed by atoms with Gasteiger partial charge in [0.1, 0.15) is 5.75 Å². The van der Waals surface area contributed by atoms with E-state index in [1.165, 1.54) is 6.07 Å². The Morgan fingerprint density at radius 3 is 2.44 bits per heavy atom. The molecule has 0 atom stereocenters. The van der Waals surface area contributed by atoms with Crippen molar-refractivity contribution >= 4 is 33.3 Å². The Morgan fingerprint density at radius 2 is 1.84 bits per heavy atom. The van der Waals surface area contributed by atoms with E-state index in [0.717, 1.165) is 17.4 Å². The zero-order chi connectivity index (χ0) is 18.4. The van der Waals surface area contributed by atoms with E-state index in [9.17, 15) is 18.4 Å². The van der Waals surface area contributed by atoms with E-state index >= 15 is 0 Å². The maximum absolute atomic E-state index is 13.3. The molecule has 2 aromatic rings. The van der Waals surface area contributed by atoms with E-state index in [0.29, 0.717) is 12.8 Å². The first-order valence-corrected chi connectivity index (χ1v) is 8.31. The number of methoxy groups -OCH3 is 1. The molecule has 0 aliphatic heterocycles. The zero-order valence-electron chi connectivity index (χ0n) is 13.4. The topological polar surface area (TPSA) is 55.4 Å². The highest BCUT2D eigenvalue weighted by Gasteiger charge is 2.16. The van der Waals surface area contributed by atoms with Crippen LogP contribution in [0.25, 0.3) is 0 Å². The molecule has 0 spiro atoms. The van der Waals surface area contributed by atoms with E-state index < -0.39 is 23.3 Å². The van der Waals surface area contributed by atoms with Crippen LogP contribution in [0.15, 0.2) is 40.9 Å². The predicted octanol–water partition coefficient (Wildman–Crippen LogP) is 4.27. The summed E-state index contributed by atoms with van der Waals surface area (Å²) in [6.45, 7) is 0. The number of halogens is 3. The highest BCUT2D eigenvalue weighted by atomic mass is 79.9. The van der Waals surface area contributed by atoms with Crippen LogP contribution in [0.4, 0.5) is 14.5 Å². The van der Waals surface area contributed by atoms with Gasteiger partial charge in [0.25, 0.3) is 5.91 Å². The average Bonchev–Trinajstić information content (AvgIpc) is 2.60. The van der Waals surface area contributed by atoms with Gasteiger partial charge in [-0.1, -0.05) is 12.1 Å². The lowest BCUT2D eigenvalue weighted by molar-refractivity contribution is -0.134. The van der Waals surface area contributed by atoms with Crippen LogP contribution < -0.4 is 10.1 Å². The Balaban J connectivity index is 1.84. The number of aryl methyl sites for hydroxylation is 1. The largest absolute Gasteiger partial charge is 0.497 e. The molecule has 0 saturated heterocycles. The Kier molecular flexibility index (Phi) is 6.64. The van der Waals surface area contributed by atoms with Crippen molar-refractivity contribution in [3.05, 3.63) is 58.1 Å².